The van der Waals surface area contributed by atoms with Crippen LogP contribution in [-0.2, 0) is 28.5 Å². The van der Waals surface area contributed by atoms with E-state index in [1.807, 2.05) is 0 Å². The number of amides is 1. The van der Waals surface area contributed by atoms with Crippen molar-refractivity contribution in [1.82, 2.24) is 0 Å². The molecule has 26 heavy (non-hydrogen) atoms. The SMILES string of the molecule is CC1(C)O[C@H]2[C@@H](O1)[C@@H](C(=O)Nc1ccc(F)cc1)O[C@@H]1OC(C)(C)O[C@@H]12. The van der Waals surface area contributed by atoms with Crippen molar-refractivity contribution < 1.29 is 32.9 Å². The maximum absolute atomic E-state index is 13.1. The van der Waals surface area contributed by atoms with Gasteiger partial charge in [-0.2, -0.15) is 0 Å². The number of halogens is 1. The molecule has 3 fully saturated rings. The Morgan fingerprint density at radius 1 is 0.923 bits per heavy atom. The summed E-state index contributed by atoms with van der Waals surface area (Å²) >= 11 is 0. The van der Waals surface area contributed by atoms with Crippen LogP contribution in [0, 0.1) is 5.82 Å². The number of hydrogen-bond acceptors (Lipinski definition) is 6. The third kappa shape index (κ3) is 3.23. The van der Waals surface area contributed by atoms with Gasteiger partial charge < -0.3 is 29.0 Å². The molecule has 1 amide bonds. The molecule has 3 aliphatic rings. The number of anilines is 1. The molecule has 1 N–H and O–H groups in total. The first-order valence-corrected chi connectivity index (χ1v) is 8.57. The summed E-state index contributed by atoms with van der Waals surface area (Å²) in [7, 11) is 0. The highest BCUT2D eigenvalue weighted by Gasteiger charge is 2.62. The molecule has 8 heteroatoms. The first-order chi connectivity index (χ1) is 12.1. The van der Waals surface area contributed by atoms with Crippen LogP contribution >= 0.6 is 0 Å². The van der Waals surface area contributed by atoms with E-state index in [4.69, 9.17) is 23.7 Å². The molecule has 142 valence electrons. The number of carbonyl (C=O) groups is 1. The van der Waals surface area contributed by atoms with E-state index in [9.17, 15) is 9.18 Å². The minimum atomic E-state index is -0.953. The van der Waals surface area contributed by atoms with E-state index >= 15 is 0 Å². The molecular formula is C18H22FNO6. The number of fused-ring (bicyclic) bond motifs is 3. The maximum Gasteiger partial charge on any atom is 0.256 e. The Bertz CT molecular complexity index is 706. The van der Waals surface area contributed by atoms with Crippen LogP contribution in [0.15, 0.2) is 24.3 Å². The van der Waals surface area contributed by atoms with Crippen LogP contribution in [-0.4, -0.2) is 48.2 Å². The van der Waals surface area contributed by atoms with Crippen LogP contribution < -0.4 is 5.32 Å². The molecule has 0 radical (unpaired) electrons. The van der Waals surface area contributed by atoms with Crippen molar-refractivity contribution in [1.29, 1.82) is 0 Å². The monoisotopic (exact) mass is 367 g/mol. The third-order valence-corrected chi connectivity index (χ3v) is 4.52. The standard InChI is InChI=1S/C18H22FNO6/c1-17(2)23-11-12(24-17)14-16(26-18(3,4)25-14)22-13(11)15(21)20-10-7-5-9(19)6-8-10/h5-8,11-14,16H,1-4H3,(H,20,21)/t11-,12+,13+,14-,16-/m1/s1. The summed E-state index contributed by atoms with van der Waals surface area (Å²) in [5.74, 6) is -2.52. The van der Waals surface area contributed by atoms with Crippen molar-refractivity contribution in [2.24, 2.45) is 0 Å². The summed E-state index contributed by atoms with van der Waals surface area (Å²) < 4.78 is 42.5. The molecule has 3 heterocycles. The van der Waals surface area contributed by atoms with Crippen LogP contribution in [0.4, 0.5) is 10.1 Å². The highest BCUT2D eigenvalue weighted by Crippen LogP contribution is 2.44. The summed E-state index contributed by atoms with van der Waals surface area (Å²) in [6.07, 6.45) is -3.34. The van der Waals surface area contributed by atoms with Gasteiger partial charge in [0, 0.05) is 5.69 Å². The fourth-order valence-corrected chi connectivity index (χ4v) is 3.57. The Morgan fingerprint density at radius 2 is 1.50 bits per heavy atom. The van der Waals surface area contributed by atoms with Gasteiger partial charge in [-0.25, -0.2) is 4.39 Å². The van der Waals surface area contributed by atoms with Crippen molar-refractivity contribution in [3.05, 3.63) is 30.1 Å². The quantitative estimate of drug-likeness (QED) is 0.863. The Morgan fingerprint density at radius 3 is 2.19 bits per heavy atom. The Hall–Kier alpha value is -1.58. The lowest BCUT2D eigenvalue weighted by atomic mass is 9.98. The molecule has 0 aromatic heterocycles. The summed E-state index contributed by atoms with van der Waals surface area (Å²) in [5, 5.41) is 2.72. The Balaban J connectivity index is 1.57. The van der Waals surface area contributed by atoms with Crippen LogP contribution in [0.1, 0.15) is 27.7 Å². The highest BCUT2D eigenvalue weighted by molar-refractivity contribution is 5.94. The molecule has 4 rings (SSSR count). The van der Waals surface area contributed by atoms with Crippen molar-refractivity contribution in [3.63, 3.8) is 0 Å². The second-order valence-corrected chi connectivity index (χ2v) is 7.59. The smallest absolute Gasteiger partial charge is 0.256 e. The zero-order valence-corrected chi connectivity index (χ0v) is 15.0. The normalized spacial score (nSPS) is 37.0. The number of ether oxygens (including phenoxy) is 5. The second-order valence-electron chi connectivity index (χ2n) is 7.59. The lowest BCUT2D eigenvalue weighted by Crippen LogP contribution is -2.58. The van der Waals surface area contributed by atoms with Crippen LogP contribution in [0.5, 0.6) is 0 Å². The zero-order valence-electron chi connectivity index (χ0n) is 15.0. The van der Waals surface area contributed by atoms with Gasteiger partial charge in [0.1, 0.15) is 24.1 Å². The topological polar surface area (TPSA) is 75.3 Å². The summed E-state index contributed by atoms with van der Waals surface area (Å²) in [6.45, 7) is 7.10. The van der Waals surface area contributed by atoms with Gasteiger partial charge in [0.25, 0.3) is 5.91 Å². The van der Waals surface area contributed by atoms with Crippen molar-refractivity contribution >= 4 is 11.6 Å². The molecule has 1 aromatic rings. The highest BCUT2D eigenvalue weighted by atomic mass is 19.1. The van der Waals surface area contributed by atoms with Crippen LogP contribution in [0.25, 0.3) is 0 Å². The number of benzene rings is 1. The van der Waals surface area contributed by atoms with E-state index in [1.165, 1.54) is 24.3 Å². The summed E-state index contributed by atoms with van der Waals surface area (Å²) in [4.78, 5) is 12.8. The molecule has 5 atom stereocenters. The lowest BCUT2D eigenvalue weighted by molar-refractivity contribution is -0.229. The van der Waals surface area contributed by atoms with E-state index in [2.05, 4.69) is 5.32 Å². The van der Waals surface area contributed by atoms with Crippen molar-refractivity contribution in [3.8, 4) is 0 Å². The van der Waals surface area contributed by atoms with E-state index in [1.54, 1.807) is 27.7 Å². The van der Waals surface area contributed by atoms with Gasteiger partial charge in [-0.05, 0) is 52.0 Å². The van der Waals surface area contributed by atoms with E-state index in [-0.39, 0.29) is 5.82 Å². The molecule has 0 saturated carbocycles. The summed E-state index contributed by atoms with van der Waals surface area (Å²) in [5.41, 5.74) is 0.459. The molecule has 7 nitrogen and oxygen atoms in total. The van der Waals surface area contributed by atoms with Gasteiger partial charge in [0.15, 0.2) is 24.0 Å². The lowest BCUT2D eigenvalue weighted by Gasteiger charge is -2.36. The molecule has 1 aromatic carbocycles. The van der Waals surface area contributed by atoms with Gasteiger partial charge in [-0.1, -0.05) is 0 Å². The minimum Gasteiger partial charge on any atom is -0.342 e. The molecule has 0 bridgehead atoms. The number of nitrogens with one attached hydrogen (secondary N) is 1. The van der Waals surface area contributed by atoms with Crippen LogP contribution in [0.3, 0.4) is 0 Å². The first-order valence-electron chi connectivity index (χ1n) is 8.57. The van der Waals surface area contributed by atoms with Gasteiger partial charge >= 0.3 is 0 Å². The maximum atomic E-state index is 13.1. The van der Waals surface area contributed by atoms with Gasteiger partial charge in [0.05, 0.1) is 0 Å². The first kappa shape index (κ1) is 17.8. The van der Waals surface area contributed by atoms with E-state index in [0.717, 1.165) is 0 Å². The Labute approximate surface area is 150 Å². The molecular weight excluding hydrogens is 345 g/mol. The zero-order chi connectivity index (χ0) is 18.7. The number of hydrogen-bond donors (Lipinski definition) is 1. The van der Waals surface area contributed by atoms with Gasteiger partial charge in [0.2, 0.25) is 0 Å². The predicted molar refractivity (Wildman–Crippen MR) is 87.6 cm³/mol. The molecule has 0 aliphatic carbocycles. The number of carbonyl (C=O) groups excluding carboxylic acids is 1. The third-order valence-electron chi connectivity index (χ3n) is 4.52. The fourth-order valence-electron chi connectivity index (χ4n) is 3.57. The molecule has 0 spiro atoms. The average Bonchev–Trinajstić information content (AvgIpc) is 3.02. The largest absolute Gasteiger partial charge is 0.342 e. The van der Waals surface area contributed by atoms with Gasteiger partial charge in [-0.3, -0.25) is 4.79 Å². The molecule has 0 unspecified atom stereocenters. The number of rotatable bonds is 2. The Kier molecular flexibility index (Phi) is 4.09. The minimum absolute atomic E-state index is 0.382. The molecule has 3 saturated heterocycles. The second kappa shape index (κ2) is 5.97. The van der Waals surface area contributed by atoms with Crippen LogP contribution in [0.2, 0.25) is 0 Å². The predicted octanol–water partition coefficient (Wildman–Crippen LogP) is 2.16. The molecule has 3 aliphatic heterocycles. The summed E-state index contributed by atoms with van der Waals surface area (Å²) in [6, 6.07) is 5.49. The van der Waals surface area contributed by atoms with E-state index in [0.29, 0.717) is 5.69 Å². The fraction of sp³-hybridized carbons (Fsp3) is 0.611. The van der Waals surface area contributed by atoms with E-state index < -0.39 is 48.2 Å². The average molecular weight is 367 g/mol. The van der Waals surface area contributed by atoms with Crippen molar-refractivity contribution in [2.75, 3.05) is 5.32 Å². The van der Waals surface area contributed by atoms with Gasteiger partial charge in [-0.15, -0.1) is 0 Å². The van der Waals surface area contributed by atoms with Crippen molar-refractivity contribution in [2.45, 2.75) is 70.0 Å².